The van der Waals surface area contributed by atoms with Crippen molar-refractivity contribution >= 4 is 44.6 Å². The number of nitro benzene ring substituents is 1. The van der Waals surface area contributed by atoms with Gasteiger partial charge in [-0.1, -0.05) is 35.3 Å². The summed E-state index contributed by atoms with van der Waals surface area (Å²) in [5.41, 5.74) is 0.507. The van der Waals surface area contributed by atoms with Crippen LogP contribution in [-0.2, 0) is 16.4 Å². The van der Waals surface area contributed by atoms with Crippen molar-refractivity contribution in [3.63, 3.8) is 0 Å². The molecule has 1 aliphatic rings. The van der Waals surface area contributed by atoms with Crippen molar-refractivity contribution in [2.24, 2.45) is 0 Å². The van der Waals surface area contributed by atoms with Gasteiger partial charge in [-0.25, -0.2) is 8.42 Å². The van der Waals surface area contributed by atoms with Crippen LogP contribution in [0.25, 0.3) is 0 Å². The first-order valence-corrected chi connectivity index (χ1v) is 10.9. The Bertz CT molecular complexity index is 1040. The van der Waals surface area contributed by atoms with Crippen LogP contribution in [0.1, 0.15) is 22.3 Å². The number of hydrogen-bond acceptors (Lipinski definition) is 5. The molecule has 2 aromatic carbocycles. The number of amides is 1. The van der Waals surface area contributed by atoms with Crippen LogP contribution in [0.5, 0.6) is 0 Å². The fourth-order valence-electron chi connectivity index (χ4n) is 3.14. The number of sulfone groups is 1. The molecule has 0 aromatic heterocycles. The minimum absolute atomic E-state index is 0.00919. The van der Waals surface area contributed by atoms with E-state index in [2.05, 4.69) is 0 Å². The van der Waals surface area contributed by atoms with Crippen LogP contribution in [-0.4, -0.2) is 41.7 Å². The third kappa shape index (κ3) is 4.63. The second-order valence-electron chi connectivity index (χ2n) is 6.53. The maximum absolute atomic E-state index is 13.1. The molecule has 7 nitrogen and oxygen atoms in total. The Balaban J connectivity index is 1.97. The molecular formula is C18H16Cl2N2O5S. The molecule has 1 aliphatic heterocycles. The molecule has 0 unspecified atom stereocenters. The van der Waals surface area contributed by atoms with E-state index < -0.39 is 26.7 Å². The second kappa shape index (κ2) is 8.06. The predicted octanol–water partition coefficient (Wildman–Crippen LogP) is 3.73. The fourth-order valence-corrected chi connectivity index (χ4v) is 5.34. The normalized spacial score (nSPS) is 18.0. The van der Waals surface area contributed by atoms with Gasteiger partial charge in [-0.2, -0.15) is 0 Å². The highest BCUT2D eigenvalue weighted by molar-refractivity contribution is 7.91. The van der Waals surface area contributed by atoms with Crippen molar-refractivity contribution in [2.45, 2.75) is 19.0 Å². The van der Waals surface area contributed by atoms with Crippen LogP contribution in [0.3, 0.4) is 0 Å². The van der Waals surface area contributed by atoms with Gasteiger partial charge in [0.15, 0.2) is 9.84 Å². The largest absolute Gasteiger partial charge is 0.330 e. The van der Waals surface area contributed by atoms with Gasteiger partial charge >= 0.3 is 0 Å². The highest BCUT2D eigenvalue weighted by Crippen LogP contribution is 2.27. The summed E-state index contributed by atoms with van der Waals surface area (Å²) < 4.78 is 23.9. The summed E-state index contributed by atoms with van der Waals surface area (Å²) in [5, 5.41) is 11.8. The summed E-state index contributed by atoms with van der Waals surface area (Å²) in [6.07, 6.45) is 0.300. The van der Waals surface area contributed by atoms with E-state index in [4.69, 9.17) is 23.2 Å². The van der Waals surface area contributed by atoms with Crippen LogP contribution in [0.2, 0.25) is 10.0 Å². The number of carbonyl (C=O) groups excluding carboxylic acids is 1. The Labute approximate surface area is 171 Å². The van der Waals surface area contributed by atoms with E-state index in [0.29, 0.717) is 22.0 Å². The average molecular weight is 443 g/mol. The molecule has 2 aromatic rings. The summed E-state index contributed by atoms with van der Waals surface area (Å²) >= 11 is 12.1. The number of non-ortho nitro benzene ring substituents is 1. The van der Waals surface area contributed by atoms with Crippen molar-refractivity contribution in [1.29, 1.82) is 0 Å². The van der Waals surface area contributed by atoms with E-state index in [1.807, 2.05) is 0 Å². The molecule has 1 heterocycles. The fraction of sp³-hybridized carbons (Fsp3) is 0.278. The van der Waals surface area contributed by atoms with Crippen LogP contribution in [0, 0.1) is 10.1 Å². The number of halogens is 2. The zero-order valence-corrected chi connectivity index (χ0v) is 16.9. The Morgan fingerprint density at radius 1 is 1.21 bits per heavy atom. The molecule has 0 N–H and O–H groups in total. The Morgan fingerprint density at radius 2 is 1.96 bits per heavy atom. The van der Waals surface area contributed by atoms with Crippen molar-refractivity contribution in [3.05, 3.63) is 73.8 Å². The molecule has 0 radical (unpaired) electrons. The molecule has 1 fully saturated rings. The standard InChI is InChI=1S/C18H16Cl2N2O5S/c19-14-5-4-13(17(20)9-14)10-21(16-6-7-28(26,27)11-16)18(23)12-2-1-3-15(8-12)22(24)25/h1-5,8-9,16H,6-7,10-11H2/t16-/m1/s1. The van der Waals surface area contributed by atoms with Gasteiger partial charge < -0.3 is 4.90 Å². The molecule has 1 saturated heterocycles. The predicted molar refractivity (Wildman–Crippen MR) is 106 cm³/mol. The lowest BCUT2D eigenvalue weighted by molar-refractivity contribution is -0.384. The first kappa shape index (κ1) is 20.6. The average Bonchev–Trinajstić information content (AvgIpc) is 3.00. The van der Waals surface area contributed by atoms with Crippen LogP contribution < -0.4 is 0 Å². The zero-order chi connectivity index (χ0) is 20.5. The zero-order valence-electron chi connectivity index (χ0n) is 14.5. The van der Waals surface area contributed by atoms with Gasteiger partial charge in [0.05, 0.1) is 16.4 Å². The summed E-state index contributed by atoms with van der Waals surface area (Å²) in [6, 6.07) is 9.66. The quantitative estimate of drug-likeness (QED) is 0.518. The molecule has 1 atom stereocenters. The maximum Gasteiger partial charge on any atom is 0.270 e. The molecule has 0 saturated carbocycles. The van der Waals surface area contributed by atoms with Gasteiger partial charge in [-0.3, -0.25) is 14.9 Å². The third-order valence-corrected chi connectivity index (χ3v) is 6.91. The number of nitro groups is 1. The van der Waals surface area contributed by atoms with Crippen LogP contribution in [0.4, 0.5) is 5.69 Å². The first-order valence-electron chi connectivity index (χ1n) is 8.36. The number of rotatable bonds is 5. The third-order valence-electron chi connectivity index (χ3n) is 4.57. The van der Waals surface area contributed by atoms with E-state index in [1.54, 1.807) is 18.2 Å². The molecule has 3 rings (SSSR count). The highest BCUT2D eigenvalue weighted by atomic mass is 35.5. The van der Waals surface area contributed by atoms with E-state index in [1.165, 1.54) is 29.2 Å². The molecule has 10 heteroatoms. The van der Waals surface area contributed by atoms with Gasteiger partial charge in [-0.05, 0) is 30.2 Å². The minimum atomic E-state index is -3.24. The van der Waals surface area contributed by atoms with Crippen molar-refractivity contribution in [2.75, 3.05) is 11.5 Å². The molecular weight excluding hydrogens is 427 g/mol. The van der Waals surface area contributed by atoms with Crippen molar-refractivity contribution in [3.8, 4) is 0 Å². The minimum Gasteiger partial charge on any atom is -0.330 e. The molecule has 0 bridgehead atoms. The van der Waals surface area contributed by atoms with Gasteiger partial charge in [0, 0.05) is 40.3 Å². The van der Waals surface area contributed by atoms with Crippen molar-refractivity contribution in [1.82, 2.24) is 4.90 Å². The SMILES string of the molecule is O=C(c1cccc([N+](=O)[O-])c1)N(Cc1ccc(Cl)cc1Cl)[C@@H]1CCS(=O)(=O)C1. The first-order chi connectivity index (χ1) is 13.2. The van der Waals surface area contributed by atoms with Crippen LogP contribution >= 0.6 is 23.2 Å². The summed E-state index contributed by atoms with van der Waals surface area (Å²) in [5.74, 6) is -0.652. The molecule has 148 valence electrons. The lowest BCUT2D eigenvalue weighted by Gasteiger charge is -2.29. The summed E-state index contributed by atoms with van der Waals surface area (Å²) in [6.45, 7) is 0.0672. The van der Waals surface area contributed by atoms with Crippen LogP contribution in [0.15, 0.2) is 42.5 Å². The second-order valence-corrected chi connectivity index (χ2v) is 9.61. The summed E-state index contributed by atoms with van der Waals surface area (Å²) in [7, 11) is -3.24. The molecule has 28 heavy (non-hydrogen) atoms. The number of carbonyl (C=O) groups is 1. The van der Waals surface area contributed by atoms with E-state index >= 15 is 0 Å². The molecule has 0 spiro atoms. The maximum atomic E-state index is 13.1. The van der Waals surface area contributed by atoms with Gasteiger partial charge in [0.1, 0.15) is 0 Å². The Morgan fingerprint density at radius 3 is 2.57 bits per heavy atom. The Kier molecular flexibility index (Phi) is 5.92. The van der Waals surface area contributed by atoms with E-state index in [9.17, 15) is 23.3 Å². The molecule has 0 aliphatic carbocycles. The van der Waals surface area contributed by atoms with Crippen molar-refractivity contribution < 1.29 is 18.1 Å². The van der Waals surface area contributed by atoms with Gasteiger partial charge in [0.25, 0.3) is 11.6 Å². The monoisotopic (exact) mass is 442 g/mol. The molecule has 1 amide bonds. The lowest BCUT2D eigenvalue weighted by atomic mass is 10.1. The topological polar surface area (TPSA) is 97.6 Å². The highest BCUT2D eigenvalue weighted by Gasteiger charge is 2.35. The number of nitrogens with zero attached hydrogens (tertiary/aromatic N) is 2. The van der Waals surface area contributed by atoms with Gasteiger partial charge in [0.2, 0.25) is 0 Å². The smallest absolute Gasteiger partial charge is 0.270 e. The summed E-state index contributed by atoms with van der Waals surface area (Å²) in [4.78, 5) is 25.0. The number of benzene rings is 2. The van der Waals surface area contributed by atoms with Gasteiger partial charge in [-0.15, -0.1) is 0 Å². The van der Waals surface area contributed by atoms with E-state index in [-0.39, 0.29) is 29.3 Å². The Hall–Kier alpha value is -2.16. The van der Waals surface area contributed by atoms with E-state index in [0.717, 1.165) is 0 Å². The number of hydrogen-bond donors (Lipinski definition) is 0. The lowest BCUT2D eigenvalue weighted by Crippen LogP contribution is -2.40.